The van der Waals surface area contributed by atoms with Crippen LogP contribution in [0.5, 0.6) is 5.75 Å². The summed E-state index contributed by atoms with van der Waals surface area (Å²) in [6, 6.07) is 12.7. The lowest BCUT2D eigenvalue weighted by molar-refractivity contribution is -0.119. The van der Waals surface area contributed by atoms with Crippen molar-refractivity contribution in [3.63, 3.8) is 0 Å². The van der Waals surface area contributed by atoms with Crippen molar-refractivity contribution >= 4 is 29.3 Å². The van der Waals surface area contributed by atoms with E-state index < -0.39 is 24.5 Å². The molecule has 0 heterocycles. The van der Waals surface area contributed by atoms with Crippen molar-refractivity contribution in [2.45, 2.75) is 19.9 Å². The number of urea groups is 1. The maximum Gasteiger partial charge on any atom is 0.340 e. The Kier molecular flexibility index (Phi) is 7.38. The summed E-state index contributed by atoms with van der Waals surface area (Å²) in [5.41, 5.74) is 0.995. The van der Waals surface area contributed by atoms with Gasteiger partial charge in [0.25, 0.3) is 5.91 Å². The number of methoxy groups -OCH3 is 1. The van der Waals surface area contributed by atoms with Crippen LogP contribution in [0, 0.1) is 0 Å². The number of ether oxygens (including phenoxy) is 2. The summed E-state index contributed by atoms with van der Waals surface area (Å²) >= 11 is 0. The van der Waals surface area contributed by atoms with Crippen molar-refractivity contribution in [1.82, 2.24) is 5.32 Å². The Morgan fingerprint density at radius 1 is 0.964 bits per heavy atom. The maximum absolute atomic E-state index is 12.3. The van der Waals surface area contributed by atoms with Gasteiger partial charge in [-0.1, -0.05) is 12.1 Å². The van der Waals surface area contributed by atoms with Gasteiger partial charge in [-0.2, -0.15) is 0 Å². The third kappa shape index (κ3) is 6.31. The number of rotatable bonds is 7. The van der Waals surface area contributed by atoms with E-state index in [4.69, 9.17) is 9.47 Å². The number of benzene rings is 2. The van der Waals surface area contributed by atoms with Crippen molar-refractivity contribution < 1.29 is 23.9 Å². The van der Waals surface area contributed by atoms with Crippen molar-refractivity contribution in [1.29, 1.82) is 0 Å². The lowest BCUT2D eigenvalue weighted by Gasteiger charge is -2.13. The monoisotopic (exact) mass is 385 g/mol. The first-order valence-electron chi connectivity index (χ1n) is 8.66. The van der Waals surface area contributed by atoms with Crippen LogP contribution in [0.1, 0.15) is 24.2 Å². The molecule has 0 aliphatic heterocycles. The number of para-hydroxylation sites is 1. The fraction of sp³-hybridized carbons (Fsp3) is 0.250. The minimum atomic E-state index is -0.717. The summed E-state index contributed by atoms with van der Waals surface area (Å²) in [5, 5.41) is 7.88. The molecule has 3 N–H and O–H groups in total. The first kappa shape index (κ1) is 20.8. The zero-order valence-corrected chi connectivity index (χ0v) is 15.9. The molecular formula is C20H23N3O5. The predicted molar refractivity (Wildman–Crippen MR) is 106 cm³/mol. The van der Waals surface area contributed by atoms with E-state index in [9.17, 15) is 14.4 Å². The highest BCUT2D eigenvalue weighted by molar-refractivity contribution is 6.02. The number of esters is 1. The highest BCUT2D eigenvalue weighted by atomic mass is 16.5. The van der Waals surface area contributed by atoms with Crippen LogP contribution in [0.2, 0.25) is 0 Å². The van der Waals surface area contributed by atoms with Crippen LogP contribution in [0.3, 0.4) is 0 Å². The quantitative estimate of drug-likeness (QED) is 0.635. The molecule has 8 nitrogen and oxygen atoms in total. The molecule has 0 aliphatic rings. The first-order valence-corrected chi connectivity index (χ1v) is 8.66. The molecule has 0 aromatic heterocycles. The molecule has 0 bridgehead atoms. The summed E-state index contributed by atoms with van der Waals surface area (Å²) in [5.74, 6) is -0.540. The highest BCUT2D eigenvalue weighted by Gasteiger charge is 2.16. The first-order chi connectivity index (χ1) is 13.4. The predicted octanol–water partition coefficient (Wildman–Crippen LogP) is 3.02. The van der Waals surface area contributed by atoms with Crippen LogP contribution in [0.25, 0.3) is 0 Å². The van der Waals surface area contributed by atoms with Crippen LogP contribution in [-0.4, -0.2) is 37.7 Å². The standard InChI is InChI=1S/C20H23N3O5/c1-13(2)21-20(26)23-17-7-5-4-6-16(17)19(25)28-12-18(24)22-14-8-10-15(27-3)11-9-14/h4-11,13H,12H2,1-3H3,(H,22,24)(H2,21,23,26). The normalized spacial score (nSPS) is 10.1. The van der Waals surface area contributed by atoms with Crippen LogP contribution in [-0.2, 0) is 9.53 Å². The molecule has 0 aliphatic carbocycles. The van der Waals surface area contributed by atoms with E-state index in [1.807, 2.05) is 13.8 Å². The topological polar surface area (TPSA) is 106 Å². The average molecular weight is 385 g/mol. The highest BCUT2D eigenvalue weighted by Crippen LogP contribution is 2.17. The van der Waals surface area contributed by atoms with Gasteiger partial charge in [-0.3, -0.25) is 4.79 Å². The zero-order valence-electron chi connectivity index (χ0n) is 15.9. The summed E-state index contributed by atoms with van der Waals surface area (Å²) < 4.78 is 10.1. The molecule has 0 saturated heterocycles. The van der Waals surface area contributed by atoms with Gasteiger partial charge in [-0.05, 0) is 50.2 Å². The van der Waals surface area contributed by atoms with E-state index >= 15 is 0 Å². The molecule has 0 radical (unpaired) electrons. The van der Waals surface area contributed by atoms with Gasteiger partial charge in [0.2, 0.25) is 0 Å². The molecule has 8 heteroatoms. The van der Waals surface area contributed by atoms with E-state index in [0.717, 1.165) is 0 Å². The van der Waals surface area contributed by atoms with Crippen LogP contribution < -0.4 is 20.7 Å². The van der Waals surface area contributed by atoms with E-state index in [1.54, 1.807) is 49.6 Å². The van der Waals surface area contributed by atoms with Crippen LogP contribution in [0.15, 0.2) is 48.5 Å². The maximum atomic E-state index is 12.3. The Bertz CT molecular complexity index is 834. The van der Waals surface area contributed by atoms with Gasteiger partial charge in [0.15, 0.2) is 6.61 Å². The summed E-state index contributed by atoms with van der Waals surface area (Å²) in [6.07, 6.45) is 0. The molecule has 3 amide bonds. The lowest BCUT2D eigenvalue weighted by Crippen LogP contribution is -2.34. The number of nitrogens with one attached hydrogen (secondary N) is 3. The van der Waals surface area contributed by atoms with Gasteiger partial charge >= 0.3 is 12.0 Å². The smallest absolute Gasteiger partial charge is 0.340 e. The minimum Gasteiger partial charge on any atom is -0.497 e. The van der Waals surface area contributed by atoms with Crippen LogP contribution in [0.4, 0.5) is 16.2 Å². The Morgan fingerprint density at radius 2 is 1.64 bits per heavy atom. The summed E-state index contributed by atoms with van der Waals surface area (Å²) in [4.78, 5) is 36.2. The molecule has 148 valence electrons. The Morgan fingerprint density at radius 3 is 2.29 bits per heavy atom. The van der Waals surface area contributed by atoms with Crippen LogP contribution >= 0.6 is 0 Å². The second-order valence-electron chi connectivity index (χ2n) is 6.15. The summed E-state index contributed by atoms with van der Waals surface area (Å²) in [6.45, 7) is 3.18. The van der Waals surface area contributed by atoms with E-state index in [2.05, 4.69) is 16.0 Å². The second kappa shape index (κ2) is 9.96. The third-order valence-corrected chi connectivity index (χ3v) is 3.52. The Balaban J connectivity index is 1.93. The van der Waals surface area contributed by atoms with Gasteiger partial charge in [-0.25, -0.2) is 9.59 Å². The van der Waals surface area contributed by atoms with Crippen molar-refractivity contribution in [2.24, 2.45) is 0 Å². The van der Waals surface area contributed by atoms with Gasteiger partial charge in [0, 0.05) is 11.7 Å². The third-order valence-electron chi connectivity index (χ3n) is 3.52. The molecule has 0 saturated carbocycles. The fourth-order valence-corrected chi connectivity index (χ4v) is 2.27. The number of hydrogen-bond acceptors (Lipinski definition) is 5. The Hall–Kier alpha value is -3.55. The van der Waals surface area contributed by atoms with Gasteiger partial charge < -0.3 is 25.4 Å². The van der Waals surface area contributed by atoms with Gasteiger partial charge in [0.1, 0.15) is 5.75 Å². The number of carbonyl (C=O) groups excluding carboxylic acids is 3. The molecule has 2 rings (SSSR count). The SMILES string of the molecule is COc1ccc(NC(=O)COC(=O)c2ccccc2NC(=O)NC(C)C)cc1. The van der Waals surface area contributed by atoms with Crippen molar-refractivity contribution in [3.05, 3.63) is 54.1 Å². The van der Waals surface area contributed by atoms with Gasteiger partial charge in [0.05, 0.1) is 18.4 Å². The molecule has 0 spiro atoms. The zero-order chi connectivity index (χ0) is 20.5. The molecule has 2 aromatic rings. The fourth-order valence-electron chi connectivity index (χ4n) is 2.27. The lowest BCUT2D eigenvalue weighted by atomic mass is 10.2. The summed E-state index contributed by atoms with van der Waals surface area (Å²) in [7, 11) is 1.55. The largest absolute Gasteiger partial charge is 0.497 e. The molecular weight excluding hydrogens is 362 g/mol. The Labute approximate surface area is 163 Å². The molecule has 0 fully saturated rings. The number of amides is 3. The molecule has 2 aromatic carbocycles. The number of carbonyl (C=O) groups is 3. The molecule has 0 unspecified atom stereocenters. The average Bonchev–Trinajstić information content (AvgIpc) is 2.66. The van der Waals surface area contributed by atoms with Crippen molar-refractivity contribution in [3.8, 4) is 5.75 Å². The van der Waals surface area contributed by atoms with Gasteiger partial charge in [-0.15, -0.1) is 0 Å². The number of hydrogen-bond donors (Lipinski definition) is 3. The van der Waals surface area contributed by atoms with E-state index in [-0.39, 0.29) is 11.6 Å². The molecule has 0 atom stereocenters. The molecule has 28 heavy (non-hydrogen) atoms. The van der Waals surface area contributed by atoms with E-state index in [1.165, 1.54) is 6.07 Å². The minimum absolute atomic E-state index is 0.0548. The van der Waals surface area contributed by atoms with Crippen molar-refractivity contribution in [2.75, 3.05) is 24.4 Å². The van der Waals surface area contributed by atoms with E-state index in [0.29, 0.717) is 17.1 Å². The second-order valence-corrected chi connectivity index (χ2v) is 6.15. The number of anilines is 2.